The summed E-state index contributed by atoms with van der Waals surface area (Å²) in [6.45, 7) is 3.14. The van der Waals surface area contributed by atoms with Crippen LogP contribution in [0.15, 0.2) is 42.5 Å². The van der Waals surface area contributed by atoms with Gasteiger partial charge in [-0.1, -0.05) is 59.6 Å². The predicted octanol–water partition coefficient (Wildman–Crippen LogP) is 5.08. The van der Waals surface area contributed by atoms with Crippen molar-refractivity contribution in [2.45, 2.75) is 25.8 Å². The number of anilines is 1. The second-order valence-corrected chi connectivity index (χ2v) is 6.93. The van der Waals surface area contributed by atoms with Gasteiger partial charge in [0.05, 0.1) is 22.3 Å². The molecule has 1 fully saturated rings. The predicted molar refractivity (Wildman–Crippen MR) is 99.8 cm³/mol. The second-order valence-electron chi connectivity index (χ2n) is 6.14. The van der Waals surface area contributed by atoms with Gasteiger partial charge in [0.1, 0.15) is 0 Å². The highest BCUT2D eigenvalue weighted by Crippen LogP contribution is 2.34. The standard InChI is InChI=1S/C19H20Cl2N2O/c1-13-9-10-15(20)19(18(13)21)22-17(24)12-23-11-5-8-16(23)14-6-3-2-4-7-14/h2-4,6-7,9-10,16H,5,8,11-12H2,1H3,(H,22,24)/t16-/m1/s1. The van der Waals surface area contributed by atoms with Crippen molar-refractivity contribution in [2.75, 3.05) is 18.4 Å². The maximum atomic E-state index is 12.5. The van der Waals surface area contributed by atoms with E-state index in [0.29, 0.717) is 28.3 Å². The molecule has 1 atom stereocenters. The molecule has 1 N–H and O–H groups in total. The maximum absolute atomic E-state index is 12.5. The summed E-state index contributed by atoms with van der Waals surface area (Å²) in [6, 6.07) is 14.2. The maximum Gasteiger partial charge on any atom is 0.238 e. The molecule has 1 heterocycles. The van der Waals surface area contributed by atoms with E-state index in [9.17, 15) is 4.79 Å². The molecule has 3 nitrogen and oxygen atoms in total. The van der Waals surface area contributed by atoms with E-state index in [0.717, 1.165) is 24.9 Å². The molecule has 3 rings (SSSR count). The molecule has 2 aromatic rings. The van der Waals surface area contributed by atoms with Gasteiger partial charge in [-0.2, -0.15) is 0 Å². The van der Waals surface area contributed by atoms with Gasteiger partial charge in [-0.15, -0.1) is 0 Å². The lowest BCUT2D eigenvalue weighted by Crippen LogP contribution is -2.33. The van der Waals surface area contributed by atoms with Crippen LogP contribution >= 0.6 is 23.2 Å². The Labute approximate surface area is 152 Å². The van der Waals surface area contributed by atoms with Crippen LogP contribution < -0.4 is 5.32 Å². The number of likely N-dealkylation sites (tertiary alicyclic amines) is 1. The Morgan fingerprint density at radius 3 is 2.71 bits per heavy atom. The Balaban J connectivity index is 1.70. The number of nitrogens with zero attached hydrogens (tertiary/aromatic N) is 1. The van der Waals surface area contributed by atoms with E-state index in [1.54, 1.807) is 6.07 Å². The third-order valence-electron chi connectivity index (χ3n) is 4.44. The Hall–Kier alpha value is -1.55. The van der Waals surface area contributed by atoms with Crippen LogP contribution in [-0.4, -0.2) is 23.9 Å². The number of hydrogen-bond donors (Lipinski definition) is 1. The lowest BCUT2D eigenvalue weighted by Gasteiger charge is -2.24. The molecule has 0 unspecified atom stereocenters. The number of carbonyl (C=O) groups excluding carboxylic acids is 1. The molecule has 0 radical (unpaired) electrons. The van der Waals surface area contributed by atoms with E-state index < -0.39 is 0 Å². The molecule has 1 amide bonds. The highest BCUT2D eigenvalue weighted by Gasteiger charge is 2.27. The van der Waals surface area contributed by atoms with E-state index in [4.69, 9.17) is 23.2 Å². The lowest BCUT2D eigenvalue weighted by atomic mass is 10.0. The van der Waals surface area contributed by atoms with Gasteiger partial charge in [0.25, 0.3) is 0 Å². The number of rotatable bonds is 4. The highest BCUT2D eigenvalue weighted by atomic mass is 35.5. The van der Waals surface area contributed by atoms with Gasteiger partial charge < -0.3 is 5.32 Å². The molecule has 0 aliphatic carbocycles. The molecule has 1 saturated heterocycles. The number of aryl methyl sites for hydroxylation is 1. The fraction of sp³-hybridized carbons (Fsp3) is 0.316. The monoisotopic (exact) mass is 362 g/mol. The van der Waals surface area contributed by atoms with E-state index in [1.807, 2.05) is 31.2 Å². The molecular weight excluding hydrogens is 343 g/mol. The zero-order chi connectivity index (χ0) is 17.1. The summed E-state index contributed by atoms with van der Waals surface area (Å²) >= 11 is 12.4. The number of nitrogens with one attached hydrogen (secondary N) is 1. The fourth-order valence-corrected chi connectivity index (χ4v) is 3.67. The first-order valence-electron chi connectivity index (χ1n) is 8.09. The van der Waals surface area contributed by atoms with Crippen molar-refractivity contribution in [2.24, 2.45) is 0 Å². The Morgan fingerprint density at radius 1 is 1.21 bits per heavy atom. The summed E-state index contributed by atoms with van der Waals surface area (Å²) in [5.74, 6) is -0.0905. The van der Waals surface area contributed by atoms with Crippen LogP contribution in [0.1, 0.15) is 30.0 Å². The van der Waals surface area contributed by atoms with Crippen LogP contribution in [0.3, 0.4) is 0 Å². The zero-order valence-corrected chi connectivity index (χ0v) is 15.1. The van der Waals surface area contributed by atoms with Crippen LogP contribution in [0.5, 0.6) is 0 Å². The summed E-state index contributed by atoms with van der Waals surface area (Å²) < 4.78 is 0. The van der Waals surface area contributed by atoms with Gasteiger partial charge in [0.15, 0.2) is 0 Å². The summed E-state index contributed by atoms with van der Waals surface area (Å²) in [4.78, 5) is 14.7. The van der Waals surface area contributed by atoms with Crippen molar-refractivity contribution in [3.63, 3.8) is 0 Å². The molecule has 1 aliphatic heterocycles. The molecule has 0 bridgehead atoms. The first-order valence-corrected chi connectivity index (χ1v) is 8.85. The summed E-state index contributed by atoms with van der Waals surface area (Å²) in [5.41, 5.74) is 2.65. The molecule has 2 aromatic carbocycles. The van der Waals surface area contributed by atoms with E-state index in [1.165, 1.54) is 5.56 Å². The topological polar surface area (TPSA) is 32.3 Å². The van der Waals surface area contributed by atoms with Gasteiger partial charge >= 0.3 is 0 Å². The fourth-order valence-electron chi connectivity index (χ4n) is 3.20. The number of halogens is 2. The first-order chi connectivity index (χ1) is 11.6. The van der Waals surface area contributed by atoms with E-state index in [2.05, 4.69) is 22.3 Å². The smallest absolute Gasteiger partial charge is 0.238 e. The van der Waals surface area contributed by atoms with Crippen molar-refractivity contribution in [1.82, 2.24) is 4.90 Å². The SMILES string of the molecule is Cc1ccc(Cl)c(NC(=O)CN2CCC[C@@H]2c2ccccc2)c1Cl. The molecule has 24 heavy (non-hydrogen) atoms. The number of carbonyl (C=O) groups is 1. The Kier molecular flexibility index (Phi) is 5.44. The minimum absolute atomic E-state index is 0.0905. The largest absolute Gasteiger partial charge is 0.322 e. The molecule has 5 heteroatoms. The summed E-state index contributed by atoms with van der Waals surface area (Å²) in [6.07, 6.45) is 2.17. The second kappa shape index (κ2) is 7.56. The van der Waals surface area contributed by atoms with Crippen LogP contribution in [-0.2, 0) is 4.79 Å². The van der Waals surface area contributed by atoms with Crippen LogP contribution in [0.2, 0.25) is 10.0 Å². The average molecular weight is 363 g/mol. The quantitative estimate of drug-likeness (QED) is 0.822. The van der Waals surface area contributed by atoms with Crippen molar-refractivity contribution < 1.29 is 4.79 Å². The van der Waals surface area contributed by atoms with E-state index in [-0.39, 0.29) is 5.91 Å². The van der Waals surface area contributed by atoms with Crippen molar-refractivity contribution in [3.05, 3.63) is 63.6 Å². The summed E-state index contributed by atoms with van der Waals surface area (Å²) in [5, 5.41) is 3.83. The average Bonchev–Trinajstić information content (AvgIpc) is 3.04. The highest BCUT2D eigenvalue weighted by molar-refractivity contribution is 6.40. The van der Waals surface area contributed by atoms with Gasteiger partial charge in [0.2, 0.25) is 5.91 Å². The third-order valence-corrected chi connectivity index (χ3v) is 5.25. The van der Waals surface area contributed by atoms with Crippen molar-refractivity contribution in [1.29, 1.82) is 0 Å². The van der Waals surface area contributed by atoms with Crippen LogP contribution in [0.4, 0.5) is 5.69 Å². The minimum Gasteiger partial charge on any atom is -0.322 e. The Morgan fingerprint density at radius 2 is 1.96 bits per heavy atom. The molecule has 0 aromatic heterocycles. The normalized spacial score (nSPS) is 17.9. The molecule has 126 valence electrons. The van der Waals surface area contributed by atoms with Crippen molar-refractivity contribution in [3.8, 4) is 0 Å². The van der Waals surface area contributed by atoms with Crippen LogP contribution in [0, 0.1) is 6.92 Å². The van der Waals surface area contributed by atoms with Crippen molar-refractivity contribution >= 4 is 34.8 Å². The van der Waals surface area contributed by atoms with Gasteiger partial charge in [-0.05, 0) is 43.5 Å². The number of benzene rings is 2. The Bertz CT molecular complexity index is 734. The van der Waals surface area contributed by atoms with Gasteiger partial charge in [-0.25, -0.2) is 0 Å². The van der Waals surface area contributed by atoms with Gasteiger partial charge in [-0.3, -0.25) is 9.69 Å². The molecular formula is C19H20Cl2N2O. The zero-order valence-electron chi connectivity index (χ0n) is 13.6. The van der Waals surface area contributed by atoms with Gasteiger partial charge in [0, 0.05) is 6.04 Å². The third kappa shape index (κ3) is 3.75. The first kappa shape index (κ1) is 17.3. The molecule has 1 aliphatic rings. The number of amides is 1. The lowest BCUT2D eigenvalue weighted by molar-refractivity contribution is -0.117. The molecule has 0 spiro atoms. The van der Waals surface area contributed by atoms with Crippen LogP contribution in [0.25, 0.3) is 0 Å². The summed E-state index contributed by atoms with van der Waals surface area (Å²) in [7, 11) is 0. The minimum atomic E-state index is -0.0905. The number of hydrogen-bond acceptors (Lipinski definition) is 2. The molecule has 0 saturated carbocycles. The van der Waals surface area contributed by atoms with E-state index >= 15 is 0 Å².